The largest absolute Gasteiger partial charge is 0.356 e. The molecular formula is C14H15ClN2OS. The molecule has 3 heterocycles. The van der Waals surface area contributed by atoms with Crippen LogP contribution in [0.5, 0.6) is 0 Å². The van der Waals surface area contributed by atoms with Crippen molar-refractivity contribution >= 4 is 28.8 Å². The first-order valence-corrected chi connectivity index (χ1v) is 7.67. The Balaban J connectivity index is 1.91. The monoisotopic (exact) mass is 294 g/mol. The van der Waals surface area contributed by atoms with Gasteiger partial charge >= 0.3 is 0 Å². The number of nitrogens with zero attached hydrogens (tertiary/aromatic N) is 1. The van der Waals surface area contributed by atoms with E-state index in [1.165, 1.54) is 10.4 Å². The third-order valence-corrected chi connectivity index (χ3v) is 4.84. The number of aromatic amines is 1. The van der Waals surface area contributed by atoms with Crippen LogP contribution in [0.1, 0.15) is 40.3 Å². The fraction of sp³-hybridized carbons (Fsp3) is 0.357. The highest BCUT2D eigenvalue weighted by atomic mass is 35.5. The van der Waals surface area contributed by atoms with E-state index in [0.717, 1.165) is 19.4 Å². The lowest BCUT2D eigenvalue weighted by Gasteiger charge is -2.35. The summed E-state index contributed by atoms with van der Waals surface area (Å²) in [5.74, 6) is 0.0376. The topological polar surface area (TPSA) is 36.1 Å². The van der Waals surface area contributed by atoms with E-state index >= 15 is 0 Å². The van der Waals surface area contributed by atoms with Gasteiger partial charge in [0.1, 0.15) is 5.69 Å². The van der Waals surface area contributed by atoms with Gasteiger partial charge in [-0.3, -0.25) is 4.79 Å². The van der Waals surface area contributed by atoms with Gasteiger partial charge in [-0.25, -0.2) is 0 Å². The first kappa shape index (κ1) is 12.8. The van der Waals surface area contributed by atoms with E-state index in [9.17, 15) is 4.79 Å². The number of aromatic nitrogens is 1. The van der Waals surface area contributed by atoms with Crippen molar-refractivity contribution in [1.82, 2.24) is 9.88 Å². The smallest absolute Gasteiger partial charge is 0.270 e. The Morgan fingerprint density at radius 1 is 1.63 bits per heavy atom. The highest BCUT2D eigenvalue weighted by molar-refractivity contribution is 7.10. The van der Waals surface area contributed by atoms with E-state index in [1.54, 1.807) is 23.6 Å². The lowest BCUT2D eigenvalue weighted by atomic mass is 9.97. The van der Waals surface area contributed by atoms with Gasteiger partial charge < -0.3 is 9.88 Å². The van der Waals surface area contributed by atoms with Crippen LogP contribution in [0.25, 0.3) is 0 Å². The standard InChI is InChI=1S/C14H15ClN2OS/c1-2-12-10-4-6-19-13(10)3-5-17(12)14(18)11-7-9(15)8-16-11/h4,6-8,12,16H,2-3,5H2,1H3. The van der Waals surface area contributed by atoms with Gasteiger partial charge in [-0.1, -0.05) is 18.5 Å². The molecule has 0 bridgehead atoms. The lowest BCUT2D eigenvalue weighted by molar-refractivity contribution is 0.0652. The van der Waals surface area contributed by atoms with Gasteiger partial charge in [0.2, 0.25) is 0 Å². The molecule has 0 saturated carbocycles. The van der Waals surface area contributed by atoms with Crippen LogP contribution < -0.4 is 0 Å². The average Bonchev–Trinajstić information content (AvgIpc) is 3.04. The highest BCUT2D eigenvalue weighted by Gasteiger charge is 2.31. The van der Waals surface area contributed by atoms with Gasteiger partial charge in [-0.15, -0.1) is 11.3 Å². The van der Waals surface area contributed by atoms with Gasteiger partial charge in [0.25, 0.3) is 5.91 Å². The van der Waals surface area contributed by atoms with Crippen molar-refractivity contribution in [1.29, 1.82) is 0 Å². The maximum Gasteiger partial charge on any atom is 0.270 e. The van der Waals surface area contributed by atoms with E-state index in [-0.39, 0.29) is 11.9 Å². The Hall–Kier alpha value is -1.26. The van der Waals surface area contributed by atoms with E-state index in [4.69, 9.17) is 11.6 Å². The number of thiophene rings is 1. The minimum Gasteiger partial charge on any atom is -0.356 e. The maximum absolute atomic E-state index is 12.6. The van der Waals surface area contributed by atoms with Gasteiger partial charge in [0.05, 0.1) is 11.1 Å². The quantitative estimate of drug-likeness (QED) is 0.896. The number of carbonyl (C=O) groups excluding carboxylic acids is 1. The van der Waals surface area contributed by atoms with Crippen LogP contribution in [0.3, 0.4) is 0 Å². The summed E-state index contributed by atoms with van der Waals surface area (Å²) < 4.78 is 0. The van der Waals surface area contributed by atoms with Crippen molar-refractivity contribution in [3.8, 4) is 0 Å². The fourth-order valence-electron chi connectivity index (χ4n) is 2.73. The van der Waals surface area contributed by atoms with E-state index in [2.05, 4.69) is 23.4 Å². The molecule has 2 aromatic heterocycles. The van der Waals surface area contributed by atoms with Crippen molar-refractivity contribution in [2.24, 2.45) is 0 Å². The van der Waals surface area contributed by atoms with Crippen LogP contribution in [0.15, 0.2) is 23.7 Å². The molecule has 0 aliphatic carbocycles. The Morgan fingerprint density at radius 2 is 2.47 bits per heavy atom. The van der Waals surface area contributed by atoms with Crippen LogP contribution in [-0.4, -0.2) is 22.3 Å². The van der Waals surface area contributed by atoms with Crippen LogP contribution in [0, 0.1) is 0 Å². The fourth-order valence-corrected chi connectivity index (χ4v) is 3.82. The lowest BCUT2D eigenvalue weighted by Crippen LogP contribution is -2.39. The molecule has 100 valence electrons. The molecule has 0 saturated heterocycles. The van der Waals surface area contributed by atoms with Gasteiger partial charge in [0.15, 0.2) is 0 Å². The van der Waals surface area contributed by atoms with E-state index < -0.39 is 0 Å². The van der Waals surface area contributed by atoms with Crippen molar-refractivity contribution in [3.63, 3.8) is 0 Å². The van der Waals surface area contributed by atoms with Crippen molar-refractivity contribution in [3.05, 3.63) is 44.9 Å². The number of hydrogen-bond acceptors (Lipinski definition) is 2. The number of hydrogen-bond donors (Lipinski definition) is 1. The highest BCUT2D eigenvalue weighted by Crippen LogP contribution is 2.35. The molecule has 1 aliphatic heterocycles. The van der Waals surface area contributed by atoms with Crippen LogP contribution in [-0.2, 0) is 6.42 Å². The summed E-state index contributed by atoms with van der Waals surface area (Å²) in [6, 6.07) is 4.03. The number of carbonyl (C=O) groups is 1. The molecule has 3 rings (SSSR count). The predicted octanol–water partition coefficient (Wildman–Crippen LogP) is 3.88. The predicted molar refractivity (Wildman–Crippen MR) is 77.9 cm³/mol. The minimum absolute atomic E-state index is 0.0376. The zero-order chi connectivity index (χ0) is 13.4. The zero-order valence-electron chi connectivity index (χ0n) is 10.6. The summed E-state index contributed by atoms with van der Waals surface area (Å²) in [5.41, 5.74) is 1.88. The normalized spacial score (nSPS) is 18.4. The number of nitrogens with one attached hydrogen (secondary N) is 1. The second-order valence-electron chi connectivity index (χ2n) is 4.70. The SMILES string of the molecule is CCC1c2ccsc2CCN1C(=O)c1cc(Cl)c[nH]1. The molecular weight excluding hydrogens is 280 g/mol. The van der Waals surface area contributed by atoms with Crippen LogP contribution >= 0.6 is 22.9 Å². The van der Waals surface area contributed by atoms with Crippen molar-refractivity contribution in [2.45, 2.75) is 25.8 Å². The second kappa shape index (κ2) is 5.02. The number of fused-ring (bicyclic) bond motifs is 1. The van der Waals surface area contributed by atoms with Crippen LogP contribution in [0.2, 0.25) is 5.02 Å². The third kappa shape index (κ3) is 2.19. The summed E-state index contributed by atoms with van der Waals surface area (Å²) in [5, 5.41) is 2.69. The van der Waals surface area contributed by atoms with Crippen molar-refractivity contribution < 1.29 is 4.79 Å². The molecule has 0 radical (unpaired) electrons. The molecule has 19 heavy (non-hydrogen) atoms. The molecule has 0 aromatic carbocycles. The molecule has 1 N–H and O–H groups in total. The molecule has 2 aromatic rings. The van der Waals surface area contributed by atoms with Gasteiger partial charge in [-0.05, 0) is 35.9 Å². The molecule has 5 heteroatoms. The van der Waals surface area contributed by atoms with E-state index in [1.807, 2.05) is 4.90 Å². The second-order valence-corrected chi connectivity index (χ2v) is 6.14. The zero-order valence-corrected chi connectivity index (χ0v) is 12.2. The summed E-state index contributed by atoms with van der Waals surface area (Å²) in [6.45, 7) is 2.90. The maximum atomic E-state index is 12.6. The van der Waals surface area contributed by atoms with E-state index in [0.29, 0.717) is 10.7 Å². The van der Waals surface area contributed by atoms with Crippen molar-refractivity contribution in [2.75, 3.05) is 6.54 Å². The van der Waals surface area contributed by atoms with Gasteiger partial charge in [-0.2, -0.15) is 0 Å². The van der Waals surface area contributed by atoms with Crippen LogP contribution in [0.4, 0.5) is 0 Å². The molecule has 0 fully saturated rings. The van der Waals surface area contributed by atoms with Gasteiger partial charge in [0, 0.05) is 17.6 Å². The summed E-state index contributed by atoms with van der Waals surface area (Å²) >= 11 is 7.67. The number of H-pyrrole nitrogens is 1. The minimum atomic E-state index is 0.0376. The summed E-state index contributed by atoms with van der Waals surface area (Å²) in [4.78, 5) is 18.9. The Kier molecular flexibility index (Phi) is 3.37. The Labute approximate surface area is 121 Å². The summed E-state index contributed by atoms with van der Waals surface area (Å²) in [6.07, 6.45) is 3.53. The molecule has 1 atom stereocenters. The molecule has 3 nitrogen and oxygen atoms in total. The number of amides is 1. The average molecular weight is 295 g/mol. The molecule has 0 spiro atoms. The molecule has 1 unspecified atom stereocenters. The molecule has 1 aliphatic rings. The third-order valence-electron chi connectivity index (χ3n) is 3.62. The summed E-state index contributed by atoms with van der Waals surface area (Å²) in [7, 11) is 0. The Bertz CT molecular complexity index is 604. The first-order valence-electron chi connectivity index (χ1n) is 6.42. The number of halogens is 1. The molecule has 1 amide bonds. The Morgan fingerprint density at radius 3 is 3.16 bits per heavy atom. The first-order chi connectivity index (χ1) is 9.20. The number of rotatable bonds is 2.